The lowest BCUT2D eigenvalue weighted by atomic mass is 10.1. The van der Waals surface area contributed by atoms with Crippen molar-refractivity contribution in [1.82, 2.24) is 10.2 Å². The molecule has 3 amide bonds. The second kappa shape index (κ2) is 10.1. The molecule has 0 aliphatic carbocycles. The molecule has 3 aromatic carbocycles. The lowest BCUT2D eigenvalue weighted by Crippen LogP contribution is -2.29. The molecule has 2 N–H and O–H groups in total. The van der Waals surface area contributed by atoms with Crippen LogP contribution in [0, 0.1) is 12.8 Å². The summed E-state index contributed by atoms with van der Waals surface area (Å²) in [5.41, 5.74) is 4.00. The first-order chi connectivity index (χ1) is 16.0. The molecule has 3 aromatic rings. The molecular formula is C27H27N3O3. The Morgan fingerprint density at radius 2 is 1.67 bits per heavy atom. The fourth-order valence-corrected chi connectivity index (χ4v) is 4.03. The molecule has 168 valence electrons. The Hall–Kier alpha value is -3.93. The summed E-state index contributed by atoms with van der Waals surface area (Å²) in [5.74, 6) is -1.01. The first-order valence-electron chi connectivity index (χ1n) is 11.0. The summed E-state index contributed by atoms with van der Waals surface area (Å²) in [4.78, 5) is 39.9. The van der Waals surface area contributed by atoms with E-state index >= 15 is 0 Å². The zero-order valence-electron chi connectivity index (χ0n) is 18.6. The molecule has 1 fully saturated rings. The van der Waals surface area contributed by atoms with E-state index in [4.69, 9.17) is 0 Å². The number of nitrogens with one attached hydrogen (secondary N) is 2. The molecule has 6 nitrogen and oxygen atoms in total. The number of para-hydroxylation sites is 1. The van der Waals surface area contributed by atoms with Gasteiger partial charge in [0, 0.05) is 26.1 Å². The molecule has 0 spiro atoms. The Labute approximate surface area is 193 Å². The summed E-state index contributed by atoms with van der Waals surface area (Å²) in [6.45, 7) is 3.25. The number of hydrogen-bond donors (Lipinski definition) is 2. The van der Waals surface area contributed by atoms with Crippen molar-refractivity contribution in [2.75, 3.05) is 11.9 Å². The van der Waals surface area contributed by atoms with Gasteiger partial charge in [-0.05, 0) is 30.2 Å². The predicted octanol–water partition coefficient (Wildman–Crippen LogP) is 3.91. The van der Waals surface area contributed by atoms with Gasteiger partial charge in [0.1, 0.15) is 0 Å². The molecule has 0 aromatic heterocycles. The highest BCUT2D eigenvalue weighted by molar-refractivity contribution is 6.05. The smallest absolute Gasteiger partial charge is 0.253 e. The molecule has 6 heteroatoms. The molecule has 1 aliphatic rings. The first-order valence-corrected chi connectivity index (χ1v) is 11.0. The summed E-state index contributed by atoms with van der Waals surface area (Å²) in [6.07, 6.45) is 0.167. The highest BCUT2D eigenvalue weighted by Crippen LogP contribution is 2.23. The lowest BCUT2D eigenvalue weighted by Gasteiger charge is -2.17. The van der Waals surface area contributed by atoms with Gasteiger partial charge in [0.05, 0.1) is 17.2 Å². The number of likely N-dealkylation sites (tertiary alicyclic amines) is 1. The van der Waals surface area contributed by atoms with Gasteiger partial charge >= 0.3 is 0 Å². The van der Waals surface area contributed by atoms with E-state index in [0.717, 1.165) is 16.7 Å². The predicted molar refractivity (Wildman–Crippen MR) is 127 cm³/mol. The molecule has 1 heterocycles. The minimum Gasteiger partial charge on any atom is -0.348 e. The zero-order valence-corrected chi connectivity index (χ0v) is 18.6. The monoisotopic (exact) mass is 441 g/mol. The van der Waals surface area contributed by atoms with Gasteiger partial charge in [-0.1, -0.05) is 72.3 Å². The summed E-state index contributed by atoms with van der Waals surface area (Å²) in [6, 6.07) is 24.6. The fraction of sp³-hybridized carbons (Fsp3) is 0.222. The van der Waals surface area contributed by atoms with Crippen LogP contribution >= 0.6 is 0 Å². The van der Waals surface area contributed by atoms with E-state index in [-0.39, 0.29) is 24.1 Å². The van der Waals surface area contributed by atoms with Gasteiger partial charge in [-0.2, -0.15) is 0 Å². The van der Waals surface area contributed by atoms with Crippen LogP contribution in [0.1, 0.15) is 33.5 Å². The third-order valence-corrected chi connectivity index (χ3v) is 5.77. The van der Waals surface area contributed by atoms with E-state index in [2.05, 4.69) is 10.6 Å². The van der Waals surface area contributed by atoms with Crippen LogP contribution in [0.3, 0.4) is 0 Å². The number of amides is 3. The Balaban J connectivity index is 1.38. The summed E-state index contributed by atoms with van der Waals surface area (Å²) >= 11 is 0. The average Bonchev–Trinajstić information content (AvgIpc) is 3.19. The SMILES string of the molecule is Cc1cccc(CNC(=O)c2ccccc2NC(=O)[C@@H]2CC(=O)N(Cc3ccccc3)C2)c1. The lowest BCUT2D eigenvalue weighted by molar-refractivity contribution is -0.128. The third kappa shape index (κ3) is 5.66. The first kappa shape index (κ1) is 22.3. The van der Waals surface area contributed by atoms with Crippen LogP contribution in [0.15, 0.2) is 78.9 Å². The number of aryl methyl sites for hydroxylation is 1. The van der Waals surface area contributed by atoms with Crippen LogP contribution in [0.4, 0.5) is 5.69 Å². The zero-order chi connectivity index (χ0) is 23.2. The molecule has 0 unspecified atom stereocenters. The molecule has 1 aliphatic heterocycles. The maximum Gasteiger partial charge on any atom is 0.253 e. The molecule has 0 radical (unpaired) electrons. The average molecular weight is 442 g/mol. The quantitative estimate of drug-likeness (QED) is 0.584. The highest BCUT2D eigenvalue weighted by Gasteiger charge is 2.34. The molecule has 1 saturated heterocycles. The van der Waals surface area contributed by atoms with E-state index in [1.54, 1.807) is 29.2 Å². The van der Waals surface area contributed by atoms with Crippen molar-refractivity contribution in [2.24, 2.45) is 5.92 Å². The van der Waals surface area contributed by atoms with Crippen LogP contribution in [0.2, 0.25) is 0 Å². The molecule has 0 bridgehead atoms. The minimum atomic E-state index is -0.454. The van der Waals surface area contributed by atoms with Crippen LogP contribution in [0.5, 0.6) is 0 Å². The number of carbonyl (C=O) groups is 3. The van der Waals surface area contributed by atoms with E-state index in [1.807, 2.05) is 61.5 Å². The molecule has 0 saturated carbocycles. The van der Waals surface area contributed by atoms with Crippen molar-refractivity contribution in [1.29, 1.82) is 0 Å². The Bertz CT molecular complexity index is 1160. The van der Waals surface area contributed by atoms with Gasteiger partial charge in [0.25, 0.3) is 5.91 Å². The van der Waals surface area contributed by atoms with E-state index in [1.165, 1.54) is 0 Å². The van der Waals surface area contributed by atoms with Crippen LogP contribution in [-0.4, -0.2) is 29.2 Å². The third-order valence-electron chi connectivity index (χ3n) is 5.77. The molecule has 33 heavy (non-hydrogen) atoms. The normalized spacial score (nSPS) is 15.4. The van der Waals surface area contributed by atoms with Crippen molar-refractivity contribution in [3.05, 3.63) is 101 Å². The highest BCUT2D eigenvalue weighted by atomic mass is 16.2. The van der Waals surface area contributed by atoms with E-state index in [0.29, 0.717) is 30.9 Å². The second-order valence-electron chi connectivity index (χ2n) is 8.37. The fourth-order valence-electron chi connectivity index (χ4n) is 4.03. The Kier molecular flexibility index (Phi) is 6.83. The summed E-state index contributed by atoms with van der Waals surface area (Å²) < 4.78 is 0. The number of benzene rings is 3. The summed E-state index contributed by atoms with van der Waals surface area (Å²) in [7, 11) is 0. The topological polar surface area (TPSA) is 78.5 Å². The molecule has 1 atom stereocenters. The van der Waals surface area contributed by atoms with Crippen molar-refractivity contribution >= 4 is 23.4 Å². The van der Waals surface area contributed by atoms with E-state index in [9.17, 15) is 14.4 Å². The molecule has 4 rings (SSSR count). The number of hydrogen-bond acceptors (Lipinski definition) is 3. The number of carbonyl (C=O) groups excluding carboxylic acids is 3. The van der Waals surface area contributed by atoms with Crippen molar-refractivity contribution in [3.8, 4) is 0 Å². The van der Waals surface area contributed by atoms with Crippen molar-refractivity contribution in [2.45, 2.75) is 26.4 Å². The minimum absolute atomic E-state index is 0.0387. The molecular weight excluding hydrogens is 414 g/mol. The van der Waals surface area contributed by atoms with Crippen LogP contribution in [-0.2, 0) is 22.7 Å². The van der Waals surface area contributed by atoms with Gasteiger partial charge in [0.2, 0.25) is 11.8 Å². The standard InChI is InChI=1S/C27H27N3O3/c1-19-8-7-11-21(14-19)16-28-27(33)23-12-5-6-13-24(23)29-26(32)22-15-25(31)30(18-22)17-20-9-3-2-4-10-20/h2-14,22H,15-18H2,1H3,(H,28,33)(H,29,32)/t22-/m1/s1. The number of anilines is 1. The van der Waals surface area contributed by atoms with Gasteiger partial charge in [-0.25, -0.2) is 0 Å². The summed E-state index contributed by atoms with van der Waals surface area (Å²) in [5, 5.41) is 5.78. The maximum absolute atomic E-state index is 12.9. The maximum atomic E-state index is 12.9. The van der Waals surface area contributed by atoms with E-state index < -0.39 is 5.92 Å². The number of rotatable bonds is 7. The van der Waals surface area contributed by atoms with Gasteiger partial charge in [-0.3, -0.25) is 14.4 Å². The Morgan fingerprint density at radius 1 is 0.939 bits per heavy atom. The second-order valence-corrected chi connectivity index (χ2v) is 8.37. The van der Waals surface area contributed by atoms with Gasteiger partial charge in [0.15, 0.2) is 0 Å². The van der Waals surface area contributed by atoms with Crippen LogP contribution in [0.25, 0.3) is 0 Å². The van der Waals surface area contributed by atoms with Crippen molar-refractivity contribution in [3.63, 3.8) is 0 Å². The van der Waals surface area contributed by atoms with Gasteiger partial charge < -0.3 is 15.5 Å². The largest absolute Gasteiger partial charge is 0.348 e. The van der Waals surface area contributed by atoms with Crippen LogP contribution < -0.4 is 10.6 Å². The Morgan fingerprint density at radius 3 is 2.45 bits per heavy atom. The number of nitrogens with zero attached hydrogens (tertiary/aromatic N) is 1. The van der Waals surface area contributed by atoms with Gasteiger partial charge in [-0.15, -0.1) is 0 Å². The van der Waals surface area contributed by atoms with Crippen molar-refractivity contribution < 1.29 is 14.4 Å².